The molecule has 0 saturated carbocycles. The van der Waals surface area contributed by atoms with E-state index < -0.39 is 6.04 Å². The molecule has 0 aromatic heterocycles. The van der Waals surface area contributed by atoms with Crippen LogP contribution in [0.3, 0.4) is 0 Å². The maximum absolute atomic E-state index is 11.6. The lowest BCUT2D eigenvalue weighted by atomic mass is 10.0. The summed E-state index contributed by atoms with van der Waals surface area (Å²) < 4.78 is 0. The number of hydrogen-bond acceptors (Lipinski definition) is 3. The van der Waals surface area contributed by atoms with E-state index in [0.29, 0.717) is 13.0 Å². The molecule has 0 aromatic carbocycles. The zero-order chi connectivity index (χ0) is 11.6. The first-order chi connectivity index (χ1) is 6.91. The lowest BCUT2D eigenvalue weighted by Crippen LogP contribution is -2.48. The van der Waals surface area contributed by atoms with Gasteiger partial charge in [-0.2, -0.15) is 0 Å². The molecule has 2 atom stereocenters. The molecule has 1 fully saturated rings. The van der Waals surface area contributed by atoms with Crippen molar-refractivity contribution in [3.8, 4) is 0 Å². The second kappa shape index (κ2) is 4.61. The summed E-state index contributed by atoms with van der Waals surface area (Å²) in [4.78, 5) is 24.4. The Bertz CT molecular complexity index is 265. The Morgan fingerprint density at radius 3 is 2.60 bits per heavy atom. The van der Waals surface area contributed by atoms with Crippen molar-refractivity contribution in [3.63, 3.8) is 0 Å². The quantitative estimate of drug-likeness (QED) is 0.652. The van der Waals surface area contributed by atoms with Crippen LogP contribution in [0.25, 0.3) is 0 Å². The highest BCUT2D eigenvalue weighted by Gasteiger charge is 2.29. The van der Waals surface area contributed by atoms with E-state index in [1.54, 1.807) is 11.9 Å². The van der Waals surface area contributed by atoms with Crippen molar-refractivity contribution in [3.05, 3.63) is 0 Å². The molecule has 15 heavy (non-hydrogen) atoms. The van der Waals surface area contributed by atoms with E-state index in [9.17, 15) is 9.59 Å². The second-order valence-corrected chi connectivity index (χ2v) is 4.45. The van der Waals surface area contributed by atoms with Gasteiger partial charge in [0.25, 0.3) is 0 Å². The summed E-state index contributed by atoms with van der Waals surface area (Å²) in [6.07, 6.45) is 0.382. The number of likely N-dealkylation sites (N-methyl/N-ethyl adjacent to an activating group) is 1. The van der Waals surface area contributed by atoms with Crippen LogP contribution in [0.1, 0.15) is 20.3 Å². The first kappa shape index (κ1) is 12.0. The smallest absolute Gasteiger partial charge is 0.237 e. The average Bonchev–Trinajstić information content (AvgIpc) is 2.44. The van der Waals surface area contributed by atoms with Crippen molar-refractivity contribution in [2.24, 2.45) is 11.7 Å². The molecule has 1 aliphatic rings. The molecule has 1 unspecified atom stereocenters. The molecule has 0 aliphatic carbocycles. The van der Waals surface area contributed by atoms with Crippen LogP contribution in [0, 0.1) is 5.92 Å². The van der Waals surface area contributed by atoms with Gasteiger partial charge in [0.05, 0.1) is 12.1 Å². The summed E-state index contributed by atoms with van der Waals surface area (Å²) in [7, 11) is 1.73. The Balaban J connectivity index is 2.43. The molecule has 1 aliphatic heterocycles. The minimum absolute atomic E-state index is 0.0680. The number of carbonyl (C=O) groups is 2. The molecule has 0 radical (unpaired) electrons. The number of nitrogens with zero attached hydrogens (tertiary/aromatic N) is 1. The largest absolute Gasteiger partial charge is 0.350 e. The van der Waals surface area contributed by atoms with Crippen molar-refractivity contribution in [2.45, 2.75) is 32.4 Å². The third-order valence-electron chi connectivity index (χ3n) is 2.71. The molecule has 0 aromatic rings. The molecule has 5 nitrogen and oxygen atoms in total. The average molecular weight is 213 g/mol. The maximum atomic E-state index is 11.6. The highest BCUT2D eigenvalue weighted by molar-refractivity contribution is 5.84. The number of nitrogens with one attached hydrogen (secondary N) is 1. The Morgan fingerprint density at radius 1 is 1.60 bits per heavy atom. The van der Waals surface area contributed by atoms with Crippen molar-refractivity contribution in [2.75, 3.05) is 13.6 Å². The van der Waals surface area contributed by atoms with Crippen molar-refractivity contribution in [1.29, 1.82) is 0 Å². The number of carbonyl (C=O) groups excluding carboxylic acids is 2. The predicted molar refractivity (Wildman–Crippen MR) is 57.0 cm³/mol. The summed E-state index contributed by atoms with van der Waals surface area (Å²) in [6, 6.07) is -0.578. The number of hydrogen-bond donors (Lipinski definition) is 2. The van der Waals surface area contributed by atoms with E-state index in [4.69, 9.17) is 5.73 Å². The lowest BCUT2D eigenvalue weighted by Gasteiger charge is -2.18. The van der Waals surface area contributed by atoms with Gasteiger partial charge < -0.3 is 16.0 Å². The van der Waals surface area contributed by atoms with Crippen LogP contribution in [0.2, 0.25) is 0 Å². The minimum Gasteiger partial charge on any atom is -0.350 e. The van der Waals surface area contributed by atoms with Crippen LogP contribution in [0.15, 0.2) is 0 Å². The predicted octanol–water partition coefficient (Wildman–Crippen LogP) is -0.683. The topological polar surface area (TPSA) is 75.4 Å². The van der Waals surface area contributed by atoms with E-state index in [0.717, 1.165) is 0 Å². The maximum Gasteiger partial charge on any atom is 0.237 e. The Morgan fingerprint density at radius 2 is 2.20 bits per heavy atom. The van der Waals surface area contributed by atoms with Crippen LogP contribution in [0.5, 0.6) is 0 Å². The van der Waals surface area contributed by atoms with Gasteiger partial charge in [-0.1, -0.05) is 13.8 Å². The van der Waals surface area contributed by atoms with Gasteiger partial charge in [0, 0.05) is 20.0 Å². The minimum atomic E-state index is -0.494. The van der Waals surface area contributed by atoms with Gasteiger partial charge in [0.1, 0.15) is 0 Å². The van der Waals surface area contributed by atoms with E-state index in [1.165, 1.54) is 0 Å². The fourth-order valence-electron chi connectivity index (χ4n) is 1.56. The fraction of sp³-hybridized carbons (Fsp3) is 0.800. The molecule has 3 N–H and O–H groups in total. The van der Waals surface area contributed by atoms with Crippen molar-refractivity contribution < 1.29 is 9.59 Å². The first-order valence-electron chi connectivity index (χ1n) is 5.21. The zero-order valence-electron chi connectivity index (χ0n) is 9.49. The van der Waals surface area contributed by atoms with Crippen LogP contribution in [-0.4, -0.2) is 42.4 Å². The van der Waals surface area contributed by atoms with Crippen LogP contribution >= 0.6 is 0 Å². The molecule has 1 rings (SSSR count). The molecular weight excluding hydrogens is 194 g/mol. The Hall–Kier alpha value is -1.10. The van der Waals surface area contributed by atoms with Gasteiger partial charge in [-0.05, 0) is 5.92 Å². The summed E-state index contributed by atoms with van der Waals surface area (Å²) in [5.74, 6) is 0.0105. The molecule has 86 valence electrons. The Kier molecular flexibility index (Phi) is 3.68. The monoisotopic (exact) mass is 213 g/mol. The lowest BCUT2D eigenvalue weighted by molar-refractivity contribution is -0.126. The van der Waals surface area contributed by atoms with Crippen LogP contribution < -0.4 is 11.1 Å². The van der Waals surface area contributed by atoms with Gasteiger partial charge >= 0.3 is 0 Å². The summed E-state index contributed by atoms with van der Waals surface area (Å²) in [6.45, 7) is 4.38. The van der Waals surface area contributed by atoms with Crippen molar-refractivity contribution >= 4 is 11.8 Å². The van der Waals surface area contributed by atoms with Gasteiger partial charge in [0.15, 0.2) is 0 Å². The SMILES string of the molecule is CC(C)[C@@H](N)C(=O)NC1CC(=O)N(C)C1. The van der Waals surface area contributed by atoms with Gasteiger partial charge in [0.2, 0.25) is 11.8 Å². The first-order valence-corrected chi connectivity index (χ1v) is 5.21. The molecule has 5 heteroatoms. The molecule has 0 spiro atoms. The van der Waals surface area contributed by atoms with Gasteiger partial charge in [-0.3, -0.25) is 9.59 Å². The highest BCUT2D eigenvalue weighted by atomic mass is 16.2. The van der Waals surface area contributed by atoms with Crippen LogP contribution in [-0.2, 0) is 9.59 Å². The third kappa shape index (κ3) is 2.92. The molecular formula is C10H19N3O2. The fourth-order valence-corrected chi connectivity index (χ4v) is 1.56. The normalized spacial score (nSPS) is 23.4. The molecule has 0 bridgehead atoms. The van der Waals surface area contributed by atoms with E-state index in [2.05, 4.69) is 5.32 Å². The molecule has 2 amide bonds. The summed E-state index contributed by atoms with van der Waals surface area (Å²) in [5.41, 5.74) is 5.70. The van der Waals surface area contributed by atoms with Gasteiger partial charge in [-0.25, -0.2) is 0 Å². The molecule has 1 saturated heterocycles. The number of likely N-dealkylation sites (tertiary alicyclic amines) is 1. The number of nitrogens with two attached hydrogens (primary N) is 1. The number of rotatable bonds is 3. The Labute approximate surface area is 90.0 Å². The third-order valence-corrected chi connectivity index (χ3v) is 2.71. The van der Waals surface area contributed by atoms with Crippen molar-refractivity contribution in [1.82, 2.24) is 10.2 Å². The number of amides is 2. The van der Waals surface area contributed by atoms with Crippen LogP contribution in [0.4, 0.5) is 0 Å². The van der Waals surface area contributed by atoms with Gasteiger partial charge in [-0.15, -0.1) is 0 Å². The summed E-state index contributed by atoms with van der Waals surface area (Å²) >= 11 is 0. The standard InChI is InChI=1S/C10H19N3O2/c1-6(2)9(11)10(15)12-7-4-8(14)13(3)5-7/h6-7,9H,4-5,11H2,1-3H3,(H,12,15)/t7?,9-/m1/s1. The van der Waals surface area contributed by atoms with E-state index in [1.807, 2.05) is 13.8 Å². The zero-order valence-corrected chi connectivity index (χ0v) is 9.49. The molecule has 1 heterocycles. The van der Waals surface area contributed by atoms with E-state index >= 15 is 0 Å². The van der Waals surface area contributed by atoms with E-state index in [-0.39, 0.29) is 23.8 Å². The second-order valence-electron chi connectivity index (χ2n) is 4.45. The summed E-state index contributed by atoms with van der Waals surface area (Å²) in [5, 5.41) is 2.79. The highest BCUT2D eigenvalue weighted by Crippen LogP contribution is 2.09.